The fourth-order valence-corrected chi connectivity index (χ4v) is 5.56. The van der Waals surface area contributed by atoms with Gasteiger partial charge in [0.15, 0.2) is 0 Å². The van der Waals surface area contributed by atoms with E-state index in [0.717, 1.165) is 45.8 Å². The van der Waals surface area contributed by atoms with Crippen molar-refractivity contribution in [3.8, 4) is 22.9 Å². The number of anilines is 6. The molecule has 0 radical (unpaired) electrons. The van der Waals surface area contributed by atoms with Crippen LogP contribution in [0.2, 0.25) is 13.1 Å². The molecule has 216 valence electrons. The average Bonchev–Trinajstić information content (AvgIpc) is 3.10. The van der Waals surface area contributed by atoms with Crippen LogP contribution in [0.25, 0.3) is 0 Å². The number of rotatable bonds is 6. The minimum absolute atomic E-state index is 0.799. The van der Waals surface area contributed by atoms with Gasteiger partial charge in [0.1, 0.15) is 23.3 Å². The van der Waals surface area contributed by atoms with Gasteiger partial charge in [-0.3, -0.25) is 9.80 Å². The molecule has 4 heterocycles. The normalized spacial score (nSPS) is 10.5. The second kappa shape index (κ2) is 13.5. The Hall–Kier alpha value is -6.02. The summed E-state index contributed by atoms with van der Waals surface area (Å²) in [5, 5.41) is 0. The van der Waals surface area contributed by atoms with Gasteiger partial charge in [0, 0.05) is 47.3 Å². The van der Waals surface area contributed by atoms with Gasteiger partial charge >= 0.3 is 0 Å². The van der Waals surface area contributed by atoms with Crippen LogP contribution in [0.3, 0.4) is 0 Å². The summed E-state index contributed by atoms with van der Waals surface area (Å²) < 4.78 is 0. The Morgan fingerprint density at radius 3 is 1.00 bits per heavy atom. The van der Waals surface area contributed by atoms with E-state index >= 15 is 0 Å². The molecule has 0 unspecified atom stereocenters. The molecule has 2 aromatic carbocycles. The summed E-state index contributed by atoms with van der Waals surface area (Å²) in [5.41, 5.74) is 10.8. The Morgan fingerprint density at radius 1 is 0.422 bits per heavy atom. The van der Waals surface area contributed by atoms with Crippen molar-refractivity contribution in [1.29, 1.82) is 0 Å². The summed E-state index contributed by atoms with van der Waals surface area (Å²) in [4.78, 5) is 22.3. The van der Waals surface area contributed by atoms with Gasteiger partial charge in [-0.05, 0) is 110 Å². The highest BCUT2D eigenvalue weighted by molar-refractivity contribution is 6.92. The van der Waals surface area contributed by atoms with Crippen molar-refractivity contribution < 1.29 is 0 Å². The fourth-order valence-electron chi connectivity index (χ4n) is 4.58. The van der Waals surface area contributed by atoms with Gasteiger partial charge in [-0.15, -0.1) is 11.1 Å². The Bertz CT molecular complexity index is 1740. The van der Waals surface area contributed by atoms with E-state index in [1.165, 1.54) is 0 Å². The first-order valence-electron chi connectivity index (χ1n) is 14.6. The van der Waals surface area contributed by atoms with Gasteiger partial charge in [0.25, 0.3) is 0 Å². The first kappa shape index (κ1) is 29.1. The van der Waals surface area contributed by atoms with Crippen molar-refractivity contribution in [2.75, 3.05) is 9.80 Å². The van der Waals surface area contributed by atoms with Gasteiger partial charge in [0.05, 0.1) is 0 Å². The third-order valence-corrected chi connectivity index (χ3v) is 8.30. The van der Waals surface area contributed by atoms with Crippen molar-refractivity contribution in [3.05, 3.63) is 157 Å². The van der Waals surface area contributed by atoms with Crippen LogP contribution in [0, 0.1) is 22.9 Å². The molecule has 0 saturated heterocycles. The fraction of sp³-hybridized carbons (Fsp3) is 0.0526. The van der Waals surface area contributed by atoms with Crippen LogP contribution in [0.5, 0.6) is 0 Å². The highest BCUT2D eigenvalue weighted by Gasteiger charge is 2.17. The van der Waals surface area contributed by atoms with Crippen LogP contribution in [0.4, 0.5) is 34.6 Å². The lowest BCUT2D eigenvalue weighted by molar-refractivity contribution is 1.12. The smallest absolute Gasteiger partial charge is 0.211 e. The molecule has 6 rings (SSSR count). The zero-order valence-corrected chi connectivity index (χ0v) is 26.0. The molecular formula is C38H30N6Si. The Labute approximate surface area is 265 Å². The molecule has 0 amide bonds. The highest BCUT2D eigenvalue weighted by Crippen LogP contribution is 2.32. The first-order valence-corrected chi connectivity index (χ1v) is 17.6. The van der Waals surface area contributed by atoms with Crippen LogP contribution in [-0.2, 0) is 0 Å². The molecule has 0 aliphatic rings. The van der Waals surface area contributed by atoms with E-state index in [2.05, 4.69) is 56.0 Å². The molecule has 7 heteroatoms. The van der Waals surface area contributed by atoms with Crippen molar-refractivity contribution in [1.82, 2.24) is 19.9 Å². The monoisotopic (exact) mass is 598 g/mol. The molecule has 0 bridgehead atoms. The second-order valence-electron chi connectivity index (χ2n) is 10.6. The molecule has 0 spiro atoms. The van der Waals surface area contributed by atoms with E-state index in [0.29, 0.717) is 0 Å². The average molecular weight is 599 g/mol. The van der Waals surface area contributed by atoms with Gasteiger partial charge in [0.2, 0.25) is 8.07 Å². The van der Waals surface area contributed by atoms with Gasteiger partial charge in [-0.2, -0.15) is 0 Å². The summed E-state index contributed by atoms with van der Waals surface area (Å²) >= 11 is 0. The molecule has 0 saturated carbocycles. The van der Waals surface area contributed by atoms with Crippen molar-refractivity contribution in [2.24, 2.45) is 0 Å². The standard InChI is InChI=1S/C38H30N6Si/c1-45(2,29-23-31-15-19-33(20-16-31)43(35-11-3-7-25-39-35)36-12-4-8-26-40-36)30-24-32-17-21-34(22-18-32)44(37-13-5-9-27-41-37)38-14-6-10-28-42-38/h3-22,25-28H,1-2H3. The van der Waals surface area contributed by atoms with E-state index in [1.54, 1.807) is 24.8 Å². The third kappa shape index (κ3) is 7.31. The van der Waals surface area contributed by atoms with Gasteiger partial charge in [-0.25, -0.2) is 19.9 Å². The minimum Gasteiger partial charge on any atom is -0.279 e. The molecule has 0 N–H and O–H groups in total. The summed E-state index contributed by atoms with van der Waals surface area (Å²) in [7, 11) is -2.13. The number of benzene rings is 2. The molecule has 0 fully saturated rings. The minimum atomic E-state index is -2.13. The van der Waals surface area contributed by atoms with E-state index in [-0.39, 0.29) is 0 Å². The topological polar surface area (TPSA) is 58.0 Å². The molecule has 6 aromatic rings. The Balaban J connectivity index is 1.19. The van der Waals surface area contributed by atoms with Crippen LogP contribution in [-0.4, -0.2) is 28.0 Å². The predicted molar refractivity (Wildman–Crippen MR) is 185 cm³/mol. The Kier molecular flexibility index (Phi) is 8.73. The van der Waals surface area contributed by atoms with E-state index in [1.807, 2.05) is 131 Å². The SMILES string of the molecule is C[Si](C)(C#Cc1ccc(N(c2ccccn2)c2ccccn2)cc1)C#Cc1ccc(N(c2ccccn2)c2ccccn2)cc1. The molecule has 4 aromatic heterocycles. The van der Waals surface area contributed by atoms with Crippen LogP contribution in [0.1, 0.15) is 11.1 Å². The number of nitrogens with zero attached hydrogens (tertiary/aromatic N) is 6. The summed E-state index contributed by atoms with van der Waals surface area (Å²) in [6.45, 7) is 4.34. The zero-order chi connectivity index (χ0) is 30.9. The Morgan fingerprint density at radius 2 is 0.733 bits per heavy atom. The number of aromatic nitrogens is 4. The maximum Gasteiger partial charge on any atom is 0.211 e. The summed E-state index contributed by atoms with van der Waals surface area (Å²) in [5.74, 6) is 9.93. The largest absolute Gasteiger partial charge is 0.279 e. The van der Waals surface area contributed by atoms with E-state index < -0.39 is 8.07 Å². The summed E-state index contributed by atoms with van der Waals surface area (Å²) in [6, 6.07) is 39.7. The first-order chi connectivity index (χ1) is 22.1. The molecule has 45 heavy (non-hydrogen) atoms. The van der Waals surface area contributed by atoms with Gasteiger partial charge in [-0.1, -0.05) is 36.1 Å². The van der Waals surface area contributed by atoms with Crippen molar-refractivity contribution >= 4 is 42.7 Å². The molecule has 0 aliphatic carbocycles. The van der Waals surface area contributed by atoms with Crippen LogP contribution >= 0.6 is 0 Å². The lowest BCUT2D eigenvalue weighted by Gasteiger charge is -2.22. The molecule has 0 atom stereocenters. The number of hydrogen-bond donors (Lipinski definition) is 0. The molecular weight excluding hydrogens is 569 g/mol. The van der Waals surface area contributed by atoms with E-state index in [4.69, 9.17) is 0 Å². The maximum absolute atomic E-state index is 4.55. The van der Waals surface area contributed by atoms with Crippen molar-refractivity contribution in [3.63, 3.8) is 0 Å². The predicted octanol–water partition coefficient (Wildman–Crippen LogP) is 8.40. The zero-order valence-electron chi connectivity index (χ0n) is 25.0. The highest BCUT2D eigenvalue weighted by atomic mass is 28.3. The lowest BCUT2D eigenvalue weighted by atomic mass is 10.2. The van der Waals surface area contributed by atoms with E-state index in [9.17, 15) is 0 Å². The van der Waals surface area contributed by atoms with Crippen LogP contribution < -0.4 is 9.80 Å². The quantitative estimate of drug-likeness (QED) is 0.142. The third-order valence-electron chi connectivity index (χ3n) is 6.80. The number of hydrogen-bond acceptors (Lipinski definition) is 6. The van der Waals surface area contributed by atoms with Crippen molar-refractivity contribution in [2.45, 2.75) is 13.1 Å². The molecule has 0 aliphatic heterocycles. The number of pyridine rings is 4. The summed E-state index contributed by atoms with van der Waals surface area (Å²) in [6.07, 6.45) is 7.14. The second-order valence-corrected chi connectivity index (χ2v) is 14.4. The van der Waals surface area contributed by atoms with Gasteiger partial charge < -0.3 is 0 Å². The van der Waals surface area contributed by atoms with Crippen LogP contribution in [0.15, 0.2) is 146 Å². The maximum atomic E-state index is 4.55. The molecule has 6 nitrogen and oxygen atoms in total. The lowest BCUT2D eigenvalue weighted by Crippen LogP contribution is -2.21.